The highest BCUT2D eigenvalue weighted by molar-refractivity contribution is 9.10. The highest BCUT2D eigenvalue weighted by Crippen LogP contribution is 2.35. The number of benzene rings is 2. The summed E-state index contributed by atoms with van der Waals surface area (Å²) in [6.45, 7) is -0.689. The van der Waals surface area contributed by atoms with Gasteiger partial charge in [-0.3, -0.25) is 20.4 Å². The minimum atomic E-state index is -0.589. The number of hydrogen-bond donors (Lipinski definition) is 2. The molecule has 26 heavy (non-hydrogen) atoms. The summed E-state index contributed by atoms with van der Waals surface area (Å²) in [4.78, 5) is 23.4. The molecule has 2 amide bonds. The lowest BCUT2D eigenvalue weighted by Crippen LogP contribution is -2.45. The highest BCUT2D eigenvalue weighted by Gasteiger charge is 2.12. The quantitative estimate of drug-likeness (QED) is 0.610. The largest absolute Gasteiger partial charge is 0.482 e. The molecule has 0 bridgehead atoms. The van der Waals surface area contributed by atoms with Gasteiger partial charge in [-0.1, -0.05) is 46.9 Å². The van der Waals surface area contributed by atoms with Gasteiger partial charge in [0.05, 0.1) is 14.5 Å². The topological polar surface area (TPSA) is 76.7 Å². The van der Waals surface area contributed by atoms with Crippen LogP contribution in [0.4, 0.5) is 0 Å². The Morgan fingerprint density at radius 1 is 0.923 bits per heavy atom. The van der Waals surface area contributed by atoms with Gasteiger partial charge >= 0.3 is 0 Å². The highest BCUT2D eigenvalue weighted by atomic mass is 79.9. The predicted octanol–water partition coefficient (Wildman–Crippen LogP) is 4.01. The number of ether oxygens (including phenoxy) is 2. The van der Waals surface area contributed by atoms with Crippen LogP contribution in [-0.4, -0.2) is 25.0 Å². The van der Waals surface area contributed by atoms with Gasteiger partial charge in [0, 0.05) is 5.02 Å². The molecule has 6 nitrogen and oxygen atoms in total. The zero-order chi connectivity index (χ0) is 19.1. The van der Waals surface area contributed by atoms with Crippen LogP contribution in [0.2, 0.25) is 15.1 Å². The number of nitrogens with one attached hydrogen (secondary N) is 2. The van der Waals surface area contributed by atoms with Crippen LogP contribution in [0.25, 0.3) is 0 Å². The second kappa shape index (κ2) is 9.87. The lowest BCUT2D eigenvalue weighted by molar-refractivity contribution is -0.131. The number of carbonyl (C=O) groups is 2. The molecule has 0 unspecified atom stereocenters. The van der Waals surface area contributed by atoms with E-state index in [1.807, 2.05) is 0 Å². The van der Waals surface area contributed by atoms with Gasteiger partial charge in [0.1, 0.15) is 5.75 Å². The second-order valence-corrected chi connectivity index (χ2v) is 6.91. The standard InChI is InChI=1S/C16H12BrCl3N2O4/c17-10-5-9(18)6-12(20)16(10)26-8-15(24)22-21-14(23)7-25-13-4-2-1-3-11(13)19/h1-6H,7-8H2,(H,21,23)(H,22,24). The molecule has 2 rings (SSSR count). The Hall–Kier alpha value is -1.67. The molecule has 0 fully saturated rings. The molecule has 0 atom stereocenters. The molecule has 2 aromatic carbocycles. The number of hydrazine groups is 1. The van der Waals surface area contributed by atoms with E-state index in [9.17, 15) is 9.59 Å². The van der Waals surface area contributed by atoms with E-state index in [0.717, 1.165) is 0 Å². The Labute approximate surface area is 172 Å². The normalized spacial score (nSPS) is 10.2. The maximum atomic E-state index is 11.7. The van der Waals surface area contributed by atoms with Crippen LogP contribution < -0.4 is 20.3 Å². The van der Waals surface area contributed by atoms with Crippen LogP contribution in [0.15, 0.2) is 40.9 Å². The van der Waals surface area contributed by atoms with Gasteiger partial charge in [-0.15, -0.1) is 0 Å². The van der Waals surface area contributed by atoms with Crippen molar-refractivity contribution in [3.63, 3.8) is 0 Å². The molecule has 0 heterocycles. The maximum Gasteiger partial charge on any atom is 0.276 e. The van der Waals surface area contributed by atoms with Gasteiger partial charge in [-0.2, -0.15) is 0 Å². The van der Waals surface area contributed by atoms with Crippen molar-refractivity contribution < 1.29 is 19.1 Å². The third-order valence-corrected chi connectivity index (χ3v) is 4.25. The first-order valence-corrected chi connectivity index (χ1v) is 9.02. The van der Waals surface area contributed by atoms with Gasteiger partial charge in [0.2, 0.25) is 0 Å². The Bertz CT molecular complexity index is 797. The molecular weight excluding hydrogens is 470 g/mol. The number of carbonyl (C=O) groups excluding carboxylic acids is 2. The number of para-hydroxylation sites is 1. The molecule has 0 aromatic heterocycles. The number of amides is 2. The van der Waals surface area contributed by atoms with Crippen molar-refractivity contribution in [2.45, 2.75) is 0 Å². The lowest BCUT2D eigenvalue weighted by Gasteiger charge is -2.12. The second-order valence-electron chi connectivity index (χ2n) is 4.80. The summed E-state index contributed by atoms with van der Waals surface area (Å²) in [5.41, 5.74) is 4.39. The summed E-state index contributed by atoms with van der Waals surface area (Å²) in [7, 11) is 0. The zero-order valence-corrected chi connectivity index (χ0v) is 16.9. The third kappa shape index (κ3) is 6.25. The molecule has 2 N–H and O–H groups in total. The van der Waals surface area contributed by atoms with Crippen LogP contribution in [0.3, 0.4) is 0 Å². The fraction of sp³-hybridized carbons (Fsp3) is 0.125. The van der Waals surface area contributed by atoms with Gasteiger partial charge in [-0.25, -0.2) is 0 Å². The SMILES string of the molecule is O=C(COc1ccccc1Cl)NNC(=O)COc1c(Cl)cc(Cl)cc1Br. The first-order chi connectivity index (χ1) is 12.4. The first-order valence-electron chi connectivity index (χ1n) is 7.09. The minimum Gasteiger partial charge on any atom is -0.482 e. The van der Waals surface area contributed by atoms with Crippen molar-refractivity contribution in [1.82, 2.24) is 10.9 Å². The minimum absolute atomic E-state index is 0.245. The van der Waals surface area contributed by atoms with Crippen LogP contribution in [0.1, 0.15) is 0 Å². The first kappa shape index (κ1) is 20.6. The molecule has 0 aliphatic carbocycles. The average Bonchev–Trinajstić information content (AvgIpc) is 2.58. The van der Waals surface area contributed by atoms with Crippen molar-refractivity contribution in [3.8, 4) is 11.5 Å². The summed E-state index contributed by atoms with van der Waals surface area (Å²) in [6.07, 6.45) is 0. The molecule has 0 aliphatic rings. The van der Waals surface area contributed by atoms with E-state index in [0.29, 0.717) is 20.3 Å². The Balaban J connectivity index is 1.75. The zero-order valence-electron chi connectivity index (χ0n) is 13.0. The Morgan fingerprint density at radius 3 is 2.15 bits per heavy atom. The van der Waals surface area contributed by atoms with E-state index >= 15 is 0 Å². The lowest BCUT2D eigenvalue weighted by atomic mass is 10.3. The summed E-state index contributed by atoms with van der Waals surface area (Å²) < 4.78 is 11.1. The molecule has 0 spiro atoms. The Morgan fingerprint density at radius 2 is 1.54 bits per heavy atom. The molecule has 0 radical (unpaired) electrons. The van der Waals surface area contributed by atoms with Crippen LogP contribution in [0, 0.1) is 0 Å². The monoisotopic (exact) mass is 480 g/mol. The fourth-order valence-electron chi connectivity index (χ4n) is 1.72. The fourth-order valence-corrected chi connectivity index (χ4v) is 3.28. The molecule has 2 aromatic rings. The van der Waals surface area contributed by atoms with Crippen molar-refractivity contribution in [2.75, 3.05) is 13.2 Å². The van der Waals surface area contributed by atoms with Gasteiger partial charge in [0.15, 0.2) is 19.0 Å². The molecule has 138 valence electrons. The molecule has 0 saturated carbocycles. The van der Waals surface area contributed by atoms with Crippen LogP contribution >= 0.6 is 50.7 Å². The number of rotatable bonds is 6. The van der Waals surface area contributed by atoms with Crippen molar-refractivity contribution in [3.05, 3.63) is 55.9 Å². The van der Waals surface area contributed by atoms with E-state index in [1.54, 1.807) is 30.3 Å². The average molecular weight is 483 g/mol. The molecule has 0 aliphatic heterocycles. The van der Waals surface area contributed by atoms with Crippen LogP contribution in [-0.2, 0) is 9.59 Å². The van der Waals surface area contributed by atoms with Crippen molar-refractivity contribution in [1.29, 1.82) is 0 Å². The molecule has 0 saturated heterocycles. The number of halogens is 4. The summed E-state index contributed by atoms with van der Waals surface area (Å²) in [5.74, 6) is -0.529. The van der Waals surface area contributed by atoms with Crippen molar-refractivity contribution in [2.24, 2.45) is 0 Å². The predicted molar refractivity (Wildman–Crippen MR) is 103 cm³/mol. The van der Waals surface area contributed by atoms with E-state index in [-0.39, 0.29) is 24.0 Å². The van der Waals surface area contributed by atoms with E-state index in [4.69, 9.17) is 44.3 Å². The van der Waals surface area contributed by atoms with E-state index in [2.05, 4.69) is 26.8 Å². The summed E-state index contributed by atoms with van der Waals surface area (Å²) in [6, 6.07) is 9.77. The maximum absolute atomic E-state index is 11.7. The van der Waals surface area contributed by atoms with Gasteiger partial charge < -0.3 is 9.47 Å². The van der Waals surface area contributed by atoms with Crippen LogP contribution in [0.5, 0.6) is 11.5 Å². The Kier molecular flexibility index (Phi) is 7.84. The van der Waals surface area contributed by atoms with Gasteiger partial charge in [-0.05, 0) is 40.2 Å². The molecular formula is C16H12BrCl3N2O4. The number of hydrogen-bond acceptors (Lipinski definition) is 4. The summed E-state index contributed by atoms with van der Waals surface area (Å²) in [5, 5.41) is 1.04. The molecule has 10 heteroatoms. The van der Waals surface area contributed by atoms with E-state index in [1.165, 1.54) is 6.07 Å². The summed E-state index contributed by atoms with van der Waals surface area (Å²) >= 11 is 21.0. The van der Waals surface area contributed by atoms with Gasteiger partial charge in [0.25, 0.3) is 11.8 Å². The van der Waals surface area contributed by atoms with E-state index < -0.39 is 11.8 Å². The van der Waals surface area contributed by atoms with Crippen molar-refractivity contribution >= 4 is 62.5 Å². The third-order valence-electron chi connectivity index (χ3n) is 2.85. The smallest absolute Gasteiger partial charge is 0.276 e.